The highest BCUT2D eigenvalue weighted by Crippen LogP contribution is 2.42. The number of nitrogens with one attached hydrogen (secondary N) is 3. The molecule has 0 spiro atoms. The minimum absolute atomic E-state index is 0.0167. The van der Waals surface area contributed by atoms with Gasteiger partial charge >= 0.3 is 6.09 Å². The molecule has 53 heavy (non-hydrogen) atoms. The zero-order valence-electron chi connectivity index (χ0n) is 33.4. The predicted molar refractivity (Wildman–Crippen MR) is 207 cm³/mol. The number of likely N-dealkylation sites (tertiary alicyclic amines) is 2. The number of carbonyl (C=O) groups is 5. The van der Waals surface area contributed by atoms with Crippen molar-refractivity contribution in [3.8, 4) is 0 Å². The van der Waals surface area contributed by atoms with Gasteiger partial charge in [-0.2, -0.15) is 0 Å². The van der Waals surface area contributed by atoms with Crippen LogP contribution in [0.3, 0.4) is 0 Å². The molecule has 2 aliphatic heterocycles. The standard InChI is InChI=1S/C23H32N2O2.C13H23N3O4.C4H11NO/c1-2-3-4-5-9-13-19-16-20(19)23(27)25-15-10-14-21(25)22(26)24-17-18-11-7-6-8-12-18;1-13(2,3)20-12(19)15-8-10(17)16-7-5-6-9(16)11(18)14-4;1-5(2)4-6-3/h6-9,11-13,19-21H,2-5,10,14-17H2,1H3,(H,24,26);9H,5-8H2,1-4H3,(H,14,18)(H,15,19);4H2,1-3H3/b13-9-;;/t;9-;/m.0./s1. The van der Waals surface area contributed by atoms with Crippen LogP contribution in [0.1, 0.15) is 91.0 Å². The molecule has 3 fully saturated rings. The maximum Gasteiger partial charge on any atom is 0.408 e. The molecule has 0 bridgehead atoms. The Labute approximate surface area is 317 Å². The van der Waals surface area contributed by atoms with E-state index in [0.29, 0.717) is 38.7 Å². The number of likely N-dealkylation sites (N-methyl/N-ethyl adjacent to an activating group) is 1. The third kappa shape index (κ3) is 17.2. The summed E-state index contributed by atoms with van der Waals surface area (Å²) in [6, 6.07) is 9.17. The molecule has 298 valence electrons. The summed E-state index contributed by atoms with van der Waals surface area (Å²) in [4.78, 5) is 65.9. The number of rotatable bonds is 14. The molecule has 3 N–H and O–H groups in total. The highest BCUT2D eigenvalue weighted by atomic mass is 16.6. The van der Waals surface area contributed by atoms with Gasteiger partial charge in [-0.3, -0.25) is 24.1 Å². The third-order valence-electron chi connectivity index (χ3n) is 8.96. The van der Waals surface area contributed by atoms with Crippen LogP contribution in [-0.4, -0.2) is 117 Å². The number of alkyl carbamates (subject to hydrolysis) is 1. The van der Waals surface area contributed by atoms with Crippen LogP contribution < -0.4 is 16.0 Å². The van der Waals surface area contributed by atoms with E-state index in [4.69, 9.17) is 9.47 Å². The van der Waals surface area contributed by atoms with Gasteiger partial charge in [0.1, 0.15) is 24.2 Å². The van der Waals surface area contributed by atoms with E-state index < -0.39 is 17.7 Å². The average Bonchev–Trinajstić information content (AvgIpc) is 3.46. The van der Waals surface area contributed by atoms with Gasteiger partial charge in [-0.15, -0.1) is 0 Å². The van der Waals surface area contributed by atoms with Gasteiger partial charge in [0.25, 0.3) is 0 Å². The zero-order valence-corrected chi connectivity index (χ0v) is 33.4. The van der Waals surface area contributed by atoms with Crippen molar-refractivity contribution >= 4 is 29.7 Å². The summed E-state index contributed by atoms with van der Waals surface area (Å²) in [6.45, 7) is 9.76. The number of nitrogens with zero attached hydrogens (tertiary/aromatic N) is 3. The van der Waals surface area contributed by atoms with E-state index in [9.17, 15) is 24.0 Å². The number of carbonyl (C=O) groups excluding carboxylic acids is 5. The lowest BCUT2D eigenvalue weighted by Crippen LogP contribution is -2.48. The molecule has 13 nitrogen and oxygen atoms in total. The first-order valence-electron chi connectivity index (χ1n) is 19.1. The smallest absolute Gasteiger partial charge is 0.408 e. The summed E-state index contributed by atoms with van der Waals surface area (Å²) in [6.07, 6.45) is 12.7. The summed E-state index contributed by atoms with van der Waals surface area (Å²) >= 11 is 0. The van der Waals surface area contributed by atoms with Gasteiger partial charge in [0, 0.05) is 39.7 Å². The maximum atomic E-state index is 12.9. The van der Waals surface area contributed by atoms with Crippen molar-refractivity contribution < 1.29 is 33.4 Å². The quantitative estimate of drug-likeness (QED) is 0.144. The fourth-order valence-electron chi connectivity index (χ4n) is 6.24. The van der Waals surface area contributed by atoms with Crippen molar-refractivity contribution in [2.24, 2.45) is 11.8 Å². The molecular formula is C40H66N6O7. The molecule has 1 aromatic rings. The molecule has 1 saturated carbocycles. The lowest BCUT2D eigenvalue weighted by molar-refractivity contribution is -0.139. The summed E-state index contributed by atoms with van der Waals surface area (Å²) in [5.74, 6) is 0.186. The second kappa shape index (κ2) is 23.6. The Kier molecular flexibility index (Phi) is 20.2. The van der Waals surface area contributed by atoms with Gasteiger partial charge in [-0.25, -0.2) is 4.79 Å². The van der Waals surface area contributed by atoms with Crippen LogP contribution >= 0.6 is 0 Å². The SMILES string of the molecule is CCCCC/C=C\C1CC1C(=O)N1CCCC1C(=O)NCc1ccccc1.CNC(=O)[C@@H]1CCCN1C(=O)CNC(=O)OC(C)(C)C.COCN(C)C. The molecule has 3 unspecified atom stereocenters. The highest BCUT2D eigenvalue weighted by Gasteiger charge is 2.46. The zero-order chi connectivity index (χ0) is 39.4. The lowest BCUT2D eigenvalue weighted by Gasteiger charge is -2.24. The Hall–Kier alpha value is -3.97. The molecular weight excluding hydrogens is 676 g/mol. The Bertz CT molecular complexity index is 1320. The fraction of sp³-hybridized carbons (Fsp3) is 0.675. The number of methoxy groups -OCH3 is 1. The first-order valence-corrected chi connectivity index (χ1v) is 19.1. The molecule has 3 aliphatic rings. The van der Waals surface area contributed by atoms with E-state index in [1.165, 1.54) is 24.2 Å². The van der Waals surface area contributed by atoms with Gasteiger partial charge in [0.2, 0.25) is 23.6 Å². The second-order valence-corrected chi connectivity index (χ2v) is 15.0. The second-order valence-electron chi connectivity index (χ2n) is 15.0. The number of benzene rings is 1. The first kappa shape index (κ1) is 45.2. The Morgan fingerprint density at radius 2 is 1.57 bits per heavy atom. The normalized spacial score (nSPS) is 20.5. The molecule has 4 rings (SSSR count). The fourth-order valence-corrected chi connectivity index (χ4v) is 6.24. The third-order valence-corrected chi connectivity index (χ3v) is 8.96. The number of allylic oxidation sites excluding steroid dienone is 2. The first-order chi connectivity index (χ1) is 25.2. The van der Waals surface area contributed by atoms with Crippen LogP contribution in [0.15, 0.2) is 42.5 Å². The van der Waals surface area contributed by atoms with E-state index >= 15 is 0 Å². The molecule has 4 atom stereocenters. The Morgan fingerprint density at radius 3 is 2.13 bits per heavy atom. The molecule has 5 amide bonds. The summed E-state index contributed by atoms with van der Waals surface area (Å²) < 4.78 is 9.78. The van der Waals surface area contributed by atoms with Crippen LogP contribution in [-0.2, 0) is 35.2 Å². The molecule has 13 heteroatoms. The van der Waals surface area contributed by atoms with Gasteiger partial charge in [-0.1, -0.05) is 62.2 Å². The van der Waals surface area contributed by atoms with E-state index in [2.05, 4.69) is 35.0 Å². The van der Waals surface area contributed by atoms with E-state index in [-0.39, 0.29) is 42.1 Å². The molecule has 2 saturated heterocycles. The number of hydrogen-bond acceptors (Lipinski definition) is 8. The molecule has 2 heterocycles. The number of ether oxygens (including phenoxy) is 2. The predicted octanol–water partition coefficient (Wildman–Crippen LogP) is 4.47. The molecule has 1 aromatic carbocycles. The topological polar surface area (TPSA) is 150 Å². The number of unbranched alkanes of at least 4 members (excludes halogenated alkanes) is 3. The van der Waals surface area contributed by atoms with Crippen molar-refractivity contribution in [2.75, 3.05) is 54.6 Å². The van der Waals surface area contributed by atoms with Crippen LogP contribution in [0.25, 0.3) is 0 Å². The monoisotopic (exact) mass is 742 g/mol. The van der Waals surface area contributed by atoms with Crippen molar-refractivity contribution in [2.45, 2.75) is 110 Å². The number of hydrogen-bond donors (Lipinski definition) is 3. The van der Waals surface area contributed by atoms with Crippen LogP contribution in [0.4, 0.5) is 4.79 Å². The minimum atomic E-state index is -0.637. The van der Waals surface area contributed by atoms with E-state index in [0.717, 1.165) is 37.7 Å². The van der Waals surface area contributed by atoms with Gasteiger partial charge in [-0.05, 0) is 91.3 Å². The Balaban J connectivity index is 0.000000329. The van der Waals surface area contributed by atoms with Crippen molar-refractivity contribution in [1.29, 1.82) is 0 Å². The Morgan fingerprint density at radius 1 is 0.925 bits per heavy atom. The molecule has 0 aromatic heterocycles. The average molecular weight is 743 g/mol. The number of amides is 5. The largest absolute Gasteiger partial charge is 0.444 e. The van der Waals surface area contributed by atoms with Crippen LogP contribution in [0.5, 0.6) is 0 Å². The lowest BCUT2D eigenvalue weighted by atomic mass is 10.1. The summed E-state index contributed by atoms with van der Waals surface area (Å²) in [5.41, 5.74) is 0.475. The van der Waals surface area contributed by atoms with Gasteiger partial charge < -0.3 is 35.2 Å². The summed E-state index contributed by atoms with van der Waals surface area (Å²) in [5, 5.41) is 7.96. The van der Waals surface area contributed by atoms with Crippen molar-refractivity contribution in [3.63, 3.8) is 0 Å². The van der Waals surface area contributed by atoms with Crippen molar-refractivity contribution in [3.05, 3.63) is 48.0 Å². The van der Waals surface area contributed by atoms with Crippen LogP contribution in [0, 0.1) is 11.8 Å². The molecule has 0 radical (unpaired) electrons. The minimum Gasteiger partial charge on any atom is -0.444 e. The highest BCUT2D eigenvalue weighted by molar-refractivity contribution is 5.91. The van der Waals surface area contributed by atoms with Gasteiger partial charge in [0.15, 0.2) is 0 Å². The van der Waals surface area contributed by atoms with E-state index in [1.807, 2.05) is 54.2 Å². The maximum absolute atomic E-state index is 12.9. The summed E-state index contributed by atoms with van der Waals surface area (Å²) in [7, 11) is 7.15. The van der Waals surface area contributed by atoms with Crippen molar-refractivity contribution in [1.82, 2.24) is 30.7 Å². The van der Waals surface area contributed by atoms with Gasteiger partial charge in [0.05, 0.1) is 6.73 Å². The molecule has 1 aliphatic carbocycles. The van der Waals surface area contributed by atoms with Crippen LogP contribution in [0.2, 0.25) is 0 Å². The van der Waals surface area contributed by atoms with E-state index in [1.54, 1.807) is 34.9 Å².